The number of aromatic hydroxyl groups is 1. The molecule has 0 heterocycles. The molecule has 3 heteroatoms. The highest BCUT2D eigenvalue weighted by atomic mass is 32.2. The fourth-order valence-electron chi connectivity index (χ4n) is 1.74. The van der Waals surface area contributed by atoms with Crippen molar-refractivity contribution in [2.75, 3.05) is 7.11 Å². The standard InChI is InChI=1S/C15H16O2S/c1-3-11-10-14(8-9-15(11)17-2)18-13-6-4-12(16)5-7-13/h4-10,16H,3H2,1-2H3. The molecule has 0 aromatic heterocycles. The molecule has 2 nitrogen and oxygen atoms in total. The van der Waals surface area contributed by atoms with Crippen molar-refractivity contribution in [3.8, 4) is 11.5 Å². The summed E-state index contributed by atoms with van der Waals surface area (Å²) in [5.41, 5.74) is 1.21. The van der Waals surface area contributed by atoms with Crippen LogP contribution in [0.3, 0.4) is 0 Å². The third-order valence-electron chi connectivity index (χ3n) is 2.71. The van der Waals surface area contributed by atoms with Crippen LogP contribution in [-0.4, -0.2) is 12.2 Å². The van der Waals surface area contributed by atoms with Crippen molar-refractivity contribution >= 4 is 11.8 Å². The predicted molar refractivity (Wildman–Crippen MR) is 74.6 cm³/mol. The summed E-state index contributed by atoms with van der Waals surface area (Å²) in [6, 6.07) is 13.4. The van der Waals surface area contributed by atoms with Gasteiger partial charge in [-0.2, -0.15) is 0 Å². The predicted octanol–water partition coefficient (Wildman–Crippen LogP) is 4.11. The van der Waals surface area contributed by atoms with Gasteiger partial charge in [-0.1, -0.05) is 18.7 Å². The van der Waals surface area contributed by atoms with Gasteiger partial charge in [-0.3, -0.25) is 0 Å². The molecular formula is C15H16O2S. The van der Waals surface area contributed by atoms with E-state index in [2.05, 4.69) is 19.1 Å². The second kappa shape index (κ2) is 5.83. The Morgan fingerprint density at radius 2 is 1.72 bits per heavy atom. The van der Waals surface area contributed by atoms with Gasteiger partial charge in [0.15, 0.2) is 0 Å². The second-order valence-electron chi connectivity index (χ2n) is 3.92. The normalized spacial score (nSPS) is 10.3. The van der Waals surface area contributed by atoms with Crippen molar-refractivity contribution in [3.05, 3.63) is 48.0 Å². The lowest BCUT2D eigenvalue weighted by molar-refractivity contribution is 0.409. The van der Waals surface area contributed by atoms with E-state index in [0.717, 1.165) is 17.1 Å². The van der Waals surface area contributed by atoms with E-state index >= 15 is 0 Å². The lowest BCUT2D eigenvalue weighted by atomic mass is 10.1. The fraction of sp³-hybridized carbons (Fsp3) is 0.200. The minimum absolute atomic E-state index is 0.295. The van der Waals surface area contributed by atoms with Crippen LogP contribution < -0.4 is 4.74 Å². The van der Waals surface area contributed by atoms with Gasteiger partial charge in [-0.05, 0) is 54.4 Å². The van der Waals surface area contributed by atoms with Crippen LogP contribution in [-0.2, 0) is 6.42 Å². The van der Waals surface area contributed by atoms with Crippen LogP contribution >= 0.6 is 11.8 Å². The van der Waals surface area contributed by atoms with E-state index in [1.165, 1.54) is 10.5 Å². The molecule has 0 spiro atoms. The van der Waals surface area contributed by atoms with Crippen LogP contribution in [0.5, 0.6) is 11.5 Å². The number of hydrogen-bond acceptors (Lipinski definition) is 3. The van der Waals surface area contributed by atoms with Gasteiger partial charge >= 0.3 is 0 Å². The van der Waals surface area contributed by atoms with E-state index in [0.29, 0.717) is 5.75 Å². The lowest BCUT2D eigenvalue weighted by Gasteiger charge is -2.09. The molecule has 0 saturated carbocycles. The van der Waals surface area contributed by atoms with Crippen molar-refractivity contribution in [1.29, 1.82) is 0 Å². The zero-order chi connectivity index (χ0) is 13.0. The van der Waals surface area contributed by atoms with E-state index in [9.17, 15) is 5.11 Å². The van der Waals surface area contributed by atoms with Gasteiger partial charge in [0.2, 0.25) is 0 Å². The van der Waals surface area contributed by atoms with Crippen molar-refractivity contribution in [1.82, 2.24) is 0 Å². The van der Waals surface area contributed by atoms with Crippen LogP contribution in [0.4, 0.5) is 0 Å². The summed E-state index contributed by atoms with van der Waals surface area (Å²) in [7, 11) is 1.70. The number of hydrogen-bond donors (Lipinski definition) is 1. The first-order chi connectivity index (χ1) is 8.72. The number of aryl methyl sites for hydroxylation is 1. The number of phenolic OH excluding ortho intramolecular Hbond substituents is 1. The van der Waals surface area contributed by atoms with Gasteiger partial charge in [0, 0.05) is 9.79 Å². The van der Waals surface area contributed by atoms with Crippen LogP contribution in [0.25, 0.3) is 0 Å². The molecule has 0 aliphatic carbocycles. The van der Waals surface area contributed by atoms with E-state index in [-0.39, 0.29) is 0 Å². The Labute approximate surface area is 112 Å². The molecule has 0 unspecified atom stereocenters. The van der Waals surface area contributed by atoms with Crippen molar-refractivity contribution < 1.29 is 9.84 Å². The maximum Gasteiger partial charge on any atom is 0.122 e. The molecule has 0 atom stereocenters. The van der Waals surface area contributed by atoms with Crippen molar-refractivity contribution in [3.63, 3.8) is 0 Å². The molecule has 0 fully saturated rings. The van der Waals surface area contributed by atoms with Gasteiger partial charge in [0.25, 0.3) is 0 Å². The first-order valence-electron chi connectivity index (χ1n) is 5.86. The average molecular weight is 260 g/mol. The summed E-state index contributed by atoms with van der Waals surface area (Å²) in [6.45, 7) is 2.12. The summed E-state index contributed by atoms with van der Waals surface area (Å²) in [5.74, 6) is 1.23. The summed E-state index contributed by atoms with van der Waals surface area (Å²) in [4.78, 5) is 2.29. The van der Waals surface area contributed by atoms with E-state index in [1.807, 2.05) is 18.2 Å². The van der Waals surface area contributed by atoms with Crippen LogP contribution in [0, 0.1) is 0 Å². The Balaban J connectivity index is 2.21. The molecule has 0 radical (unpaired) electrons. The molecule has 2 aromatic carbocycles. The first-order valence-corrected chi connectivity index (χ1v) is 6.68. The fourth-order valence-corrected chi connectivity index (χ4v) is 2.63. The summed E-state index contributed by atoms with van der Waals surface area (Å²) in [5, 5.41) is 9.25. The SMILES string of the molecule is CCc1cc(Sc2ccc(O)cc2)ccc1OC. The van der Waals surface area contributed by atoms with E-state index in [1.54, 1.807) is 31.0 Å². The quantitative estimate of drug-likeness (QED) is 0.897. The number of benzene rings is 2. The summed E-state index contributed by atoms with van der Waals surface area (Å²) in [6.07, 6.45) is 0.952. The maximum absolute atomic E-state index is 9.25. The Bertz CT molecular complexity index is 521. The average Bonchev–Trinajstić information content (AvgIpc) is 2.41. The van der Waals surface area contributed by atoms with Crippen LogP contribution in [0.1, 0.15) is 12.5 Å². The minimum atomic E-state index is 0.295. The van der Waals surface area contributed by atoms with Crippen LogP contribution in [0.15, 0.2) is 52.3 Å². The topological polar surface area (TPSA) is 29.5 Å². The van der Waals surface area contributed by atoms with Gasteiger partial charge in [0.1, 0.15) is 11.5 Å². The molecule has 0 aliphatic rings. The molecule has 2 rings (SSSR count). The molecule has 94 valence electrons. The highest BCUT2D eigenvalue weighted by molar-refractivity contribution is 7.99. The number of rotatable bonds is 4. The van der Waals surface area contributed by atoms with E-state index in [4.69, 9.17) is 4.74 Å². The Hall–Kier alpha value is -1.61. The maximum atomic E-state index is 9.25. The molecule has 0 amide bonds. The van der Waals surface area contributed by atoms with Gasteiger partial charge in [-0.15, -0.1) is 0 Å². The minimum Gasteiger partial charge on any atom is -0.508 e. The third-order valence-corrected chi connectivity index (χ3v) is 3.70. The summed E-state index contributed by atoms with van der Waals surface area (Å²) < 4.78 is 5.31. The molecule has 18 heavy (non-hydrogen) atoms. The molecule has 2 aromatic rings. The molecule has 0 bridgehead atoms. The largest absolute Gasteiger partial charge is 0.508 e. The van der Waals surface area contributed by atoms with Crippen molar-refractivity contribution in [2.45, 2.75) is 23.1 Å². The highest BCUT2D eigenvalue weighted by Gasteiger charge is 2.04. The Morgan fingerprint density at radius 1 is 1.06 bits per heavy atom. The van der Waals surface area contributed by atoms with Gasteiger partial charge in [0.05, 0.1) is 7.11 Å². The van der Waals surface area contributed by atoms with Crippen molar-refractivity contribution in [2.24, 2.45) is 0 Å². The number of phenols is 1. The monoisotopic (exact) mass is 260 g/mol. The molecule has 1 N–H and O–H groups in total. The van der Waals surface area contributed by atoms with Gasteiger partial charge in [-0.25, -0.2) is 0 Å². The lowest BCUT2D eigenvalue weighted by Crippen LogP contribution is -1.90. The Morgan fingerprint density at radius 3 is 2.33 bits per heavy atom. The number of methoxy groups -OCH3 is 1. The molecule has 0 saturated heterocycles. The second-order valence-corrected chi connectivity index (χ2v) is 5.07. The molecule has 0 aliphatic heterocycles. The molecular weight excluding hydrogens is 244 g/mol. The third kappa shape index (κ3) is 2.99. The van der Waals surface area contributed by atoms with Crippen LogP contribution in [0.2, 0.25) is 0 Å². The van der Waals surface area contributed by atoms with E-state index < -0.39 is 0 Å². The highest BCUT2D eigenvalue weighted by Crippen LogP contribution is 2.32. The smallest absolute Gasteiger partial charge is 0.122 e. The summed E-state index contributed by atoms with van der Waals surface area (Å²) >= 11 is 1.68. The zero-order valence-corrected chi connectivity index (χ0v) is 11.3. The van der Waals surface area contributed by atoms with Gasteiger partial charge < -0.3 is 9.84 Å². The first kappa shape index (κ1) is 12.8. The Kier molecular flexibility index (Phi) is 4.15. The zero-order valence-electron chi connectivity index (χ0n) is 10.5. The number of ether oxygens (including phenoxy) is 1.